The quantitative estimate of drug-likeness (QED) is 0.770. The Bertz CT molecular complexity index is 1020. The highest BCUT2D eigenvalue weighted by atomic mass is 16.3. The van der Waals surface area contributed by atoms with Crippen molar-refractivity contribution in [1.29, 1.82) is 0 Å². The molecule has 5 heteroatoms. The average Bonchev–Trinajstić information content (AvgIpc) is 2.68. The Kier molecular flexibility index (Phi) is 4.77. The van der Waals surface area contributed by atoms with Gasteiger partial charge in [0.1, 0.15) is 0 Å². The number of pyridine rings is 1. The monoisotopic (exact) mass is 408 g/mol. The molecule has 4 aliphatic rings. The molecule has 0 unspecified atom stereocenters. The van der Waals surface area contributed by atoms with E-state index in [2.05, 4.69) is 5.32 Å². The molecule has 4 aliphatic carbocycles. The number of amides is 1. The molecule has 1 atom stereocenters. The Morgan fingerprint density at radius 1 is 1.13 bits per heavy atom. The summed E-state index contributed by atoms with van der Waals surface area (Å²) >= 11 is 0. The van der Waals surface area contributed by atoms with Crippen LogP contribution in [0.15, 0.2) is 29.2 Å². The van der Waals surface area contributed by atoms with E-state index in [1.165, 1.54) is 38.5 Å². The molecule has 4 fully saturated rings. The summed E-state index contributed by atoms with van der Waals surface area (Å²) in [5, 5.41) is 14.0. The van der Waals surface area contributed by atoms with Crippen LogP contribution in [0, 0.1) is 30.1 Å². The van der Waals surface area contributed by atoms with Crippen molar-refractivity contribution in [2.45, 2.75) is 64.8 Å². The van der Waals surface area contributed by atoms with Gasteiger partial charge in [-0.25, -0.2) is 0 Å². The summed E-state index contributed by atoms with van der Waals surface area (Å²) in [6.07, 6.45) is 10.1. The number of aliphatic hydroxyl groups excluding tert-OH is 1. The predicted molar refractivity (Wildman–Crippen MR) is 119 cm³/mol. The Hall–Kier alpha value is -2.14. The number of anilines is 1. The van der Waals surface area contributed by atoms with Crippen LogP contribution in [0.25, 0.3) is 10.8 Å². The molecule has 4 saturated carbocycles. The number of aromatic nitrogens is 1. The first-order valence-corrected chi connectivity index (χ1v) is 11.4. The maximum Gasteiger partial charge on any atom is 0.258 e. The van der Waals surface area contributed by atoms with Crippen LogP contribution < -0.4 is 10.9 Å². The normalized spacial score (nSPS) is 30.6. The number of hydrogen-bond donors (Lipinski definition) is 2. The van der Waals surface area contributed by atoms with Crippen molar-refractivity contribution < 1.29 is 9.90 Å². The SMILES string of the molecule is Cc1ccc2c(=O)n([C@H](C)CO)ccc2c1NC(=O)CC12CC3CC(CC(C3)C1)C2. The Morgan fingerprint density at radius 2 is 1.77 bits per heavy atom. The fraction of sp³-hybridized carbons (Fsp3) is 0.600. The van der Waals surface area contributed by atoms with E-state index in [4.69, 9.17) is 0 Å². The third kappa shape index (κ3) is 3.27. The van der Waals surface area contributed by atoms with Gasteiger partial charge in [-0.1, -0.05) is 6.07 Å². The topological polar surface area (TPSA) is 71.3 Å². The second-order valence-electron chi connectivity index (χ2n) is 10.4. The number of nitrogens with zero attached hydrogens (tertiary/aromatic N) is 1. The lowest BCUT2D eigenvalue weighted by Crippen LogP contribution is -2.47. The molecule has 0 aliphatic heterocycles. The molecule has 1 heterocycles. The maximum atomic E-state index is 13.2. The number of aryl methyl sites for hydroxylation is 1. The molecule has 0 spiro atoms. The van der Waals surface area contributed by atoms with Gasteiger partial charge in [0.25, 0.3) is 5.56 Å². The summed E-state index contributed by atoms with van der Waals surface area (Å²) in [4.78, 5) is 26.1. The van der Waals surface area contributed by atoms with Gasteiger partial charge in [-0.3, -0.25) is 9.59 Å². The van der Waals surface area contributed by atoms with E-state index in [-0.39, 0.29) is 29.5 Å². The molecule has 2 N–H and O–H groups in total. The van der Waals surface area contributed by atoms with Crippen molar-refractivity contribution >= 4 is 22.4 Å². The van der Waals surface area contributed by atoms with Crippen molar-refractivity contribution in [3.63, 3.8) is 0 Å². The zero-order valence-corrected chi connectivity index (χ0v) is 18.0. The minimum Gasteiger partial charge on any atom is -0.394 e. The number of hydrogen-bond acceptors (Lipinski definition) is 3. The first-order chi connectivity index (χ1) is 14.4. The zero-order chi connectivity index (χ0) is 21.0. The van der Waals surface area contributed by atoms with Gasteiger partial charge in [-0.15, -0.1) is 0 Å². The second-order valence-corrected chi connectivity index (χ2v) is 10.4. The summed E-state index contributed by atoms with van der Waals surface area (Å²) in [7, 11) is 0. The van der Waals surface area contributed by atoms with Crippen LogP contribution in [0.1, 0.15) is 63.5 Å². The van der Waals surface area contributed by atoms with Crippen LogP contribution in [0.2, 0.25) is 0 Å². The number of fused-ring (bicyclic) bond motifs is 1. The van der Waals surface area contributed by atoms with Crippen molar-refractivity contribution in [2.24, 2.45) is 23.2 Å². The fourth-order valence-corrected chi connectivity index (χ4v) is 7.08. The summed E-state index contributed by atoms with van der Waals surface area (Å²) in [6, 6.07) is 5.33. The molecule has 6 rings (SSSR count). The highest BCUT2D eigenvalue weighted by Gasteiger charge is 2.51. The van der Waals surface area contributed by atoms with E-state index >= 15 is 0 Å². The van der Waals surface area contributed by atoms with Crippen molar-refractivity contribution in [3.8, 4) is 0 Å². The van der Waals surface area contributed by atoms with E-state index in [0.717, 1.165) is 34.4 Å². The largest absolute Gasteiger partial charge is 0.394 e. The fourth-order valence-electron chi connectivity index (χ4n) is 7.08. The van der Waals surface area contributed by atoms with Crippen molar-refractivity contribution in [1.82, 2.24) is 4.57 Å². The van der Waals surface area contributed by atoms with Gasteiger partial charge in [0.15, 0.2) is 0 Å². The first-order valence-electron chi connectivity index (χ1n) is 11.4. The molecule has 1 aromatic heterocycles. The lowest BCUT2D eigenvalue weighted by Gasteiger charge is -2.56. The standard InChI is InChI=1S/C25H32N2O3/c1-15-3-4-21-20(5-6-27(24(21)30)16(2)14-28)23(15)26-22(29)13-25-10-17-7-18(11-25)9-19(8-17)12-25/h3-6,16-19,28H,7-14H2,1-2H3,(H,26,29)/t16-,17?,18?,19?,25?/m1/s1. The molecule has 1 aromatic carbocycles. The van der Waals surface area contributed by atoms with Gasteiger partial charge in [0, 0.05) is 23.4 Å². The molecule has 2 aromatic rings. The van der Waals surface area contributed by atoms with E-state index in [1.54, 1.807) is 10.8 Å². The molecule has 0 saturated heterocycles. The van der Waals surface area contributed by atoms with Crippen LogP contribution >= 0.6 is 0 Å². The van der Waals surface area contributed by atoms with E-state index in [1.807, 2.05) is 32.0 Å². The number of carbonyl (C=O) groups excluding carboxylic acids is 1. The van der Waals surface area contributed by atoms with Crippen LogP contribution in [0.4, 0.5) is 5.69 Å². The number of aliphatic hydroxyl groups is 1. The Labute approximate surface area is 177 Å². The Morgan fingerprint density at radius 3 is 2.37 bits per heavy atom. The van der Waals surface area contributed by atoms with Gasteiger partial charge >= 0.3 is 0 Å². The first kappa shape index (κ1) is 19.8. The van der Waals surface area contributed by atoms with Crippen LogP contribution in [0.3, 0.4) is 0 Å². The number of nitrogens with one attached hydrogen (secondary N) is 1. The maximum absolute atomic E-state index is 13.2. The minimum absolute atomic E-state index is 0.0838. The number of rotatable bonds is 5. The van der Waals surface area contributed by atoms with Crippen molar-refractivity contribution in [3.05, 3.63) is 40.3 Å². The highest BCUT2D eigenvalue weighted by Crippen LogP contribution is 2.61. The second kappa shape index (κ2) is 7.23. The van der Waals surface area contributed by atoms with Crippen LogP contribution in [0.5, 0.6) is 0 Å². The molecule has 5 nitrogen and oxygen atoms in total. The van der Waals surface area contributed by atoms with Gasteiger partial charge in [-0.05, 0) is 93.2 Å². The molecular weight excluding hydrogens is 376 g/mol. The number of benzene rings is 1. The lowest BCUT2D eigenvalue weighted by molar-refractivity contribution is -0.124. The smallest absolute Gasteiger partial charge is 0.258 e. The summed E-state index contributed by atoms with van der Waals surface area (Å²) < 4.78 is 1.55. The molecule has 4 bridgehead atoms. The van der Waals surface area contributed by atoms with Gasteiger partial charge in [0.05, 0.1) is 18.3 Å². The van der Waals surface area contributed by atoms with Crippen molar-refractivity contribution in [2.75, 3.05) is 11.9 Å². The van der Waals surface area contributed by atoms with Crippen LogP contribution in [-0.4, -0.2) is 22.2 Å². The molecule has 1 amide bonds. The third-order valence-corrected chi connectivity index (χ3v) is 8.02. The summed E-state index contributed by atoms with van der Waals surface area (Å²) in [5.74, 6) is 2.57. The minimum atomic E-state index is -0.280. The average molecular weight is 409 g/mol. The number of carbonyl (C=O) groups is 1. The molecule has 30 heavy (non-hydrogen) atoms. The van der Waals surface area contributed by atoms with Gasteiger partial charge in [-0.2, -0.15) is 0 Å². The van der Waals surface area contributed by atoms with E-state index in [0.29, 0.717) is 11.8 Å². The Balaban J connectivity index is 1.42. The van der Waals surface area contributed by atoms with Gasteiger partial charge in [0.2, 0.25) is 5.91 Å². The van der Waals surface area contributed by atoms with E-state index in [9.17, 15) is 14.7 Å². The van der Waals surface area contributed by atoms with Gasteiger partial charge < -0.3 is 15.0 Å². The molecule has 0 radical (unpaired) electrons. The van der Waals surface area contributed by atoms with E-state index < -0.39 is 0 Å². The predicted octanol–water partition coefficient (Wildman–Crippen LogP) is 4.41. The summed E-state index contributed by atoms with van der Waals surface area (Å²) in [6.45, 7) is 3.70. The third-order valence-electron chi connectivity index (χ3n) is 8.02. The molecule has 160 valence electrons. The molecular formula is C25H32N2O3. The lowest BCUT2D eigenvalue weighted by atomic mass is 9.49. The van der Waals surface area contributed by atoms with Crippen LogP contribution in [-0.2, 0) is 4.79 Å². The summed E-state index contributed by atoms with van der Waals surface area (Å²) in [5.41, 5.74) is 1.78. The highest BCUT2D eigenvalue weighted by molar-refractivity contribution is 6.03. The zero-order valence-electron chi connectivity index (χ0n) is 18.0.